The number of benzene rings is 2. The fourth-order valence-corrected chi connectivity index (χ4v) is 4.45. The third-order valence-electron chi connectivity index (χ3n) is 3.62. The zero-order chi connectivity index (χ0) is 19.6. The Balaban J connectivity index is 1.79. The maximum absolute atomic E-state index is 13.0. The fraction of sp³-hybridized carbons (Fsp3) is 0.111. The lowest BCUT2D eigenvalue weighted by Crippen LogP contribution is -2.12. The van der Waals surface area contributed by atoms with Gasteiger partial charge in [0.1, 0.15) is 10.7 Å². The van der Waals surface area contributed by atoms with Gasteiger partial charge in [0, 0.05) is 5.69 Å². The van der Waals surface area contributed by atoms with Crippen molar-refractivity contribution < 1.29 is 17.6 Å². The minimum Gasteiger partial charge on any atom is -0.321 e. The van der Waals surface area contributed by atoms with Gasteiger partial charge in [0.25, 0.3) is 15.9 Å². The standard InChI is InChI=1S/C18H16FN3O3S2/c1-11-4-3-5-14(10-11)21-17(23)16-12(2)20-18(26-16)22-27(24,25)15-8-6-13(19)7-9-15/h3-10H,1-2H3,(H,20,22)(H,21,23). The zero-order valence-electron chi connectivity index (χ0n) is 14.5. The minimum absolute atomic E-state index is 0.0613. The second-order valence-corrected chi connectivity index (χ2v) is 8.50. The van der Waals surface area contributed by atoms with Crippen LogP contribution in [0.1, 0.15) is 20.9 Å². The average molecular weight is 405 g/mol. The van der Waals surface area contributed by atoms with E-state index in [9.17, 15) is 17.6 Å². The van der Waals surface area contributed by atoms with Crippen LogP contribution < -0.4 is 10.0 Å². The first kappa shape index (κ1) is 19.0. The lowest BCUT2D eigenvalue weighted by Gasteiger charge is -2.05. The number of hydrogen-bond acceptors (Lipinski definition) is 5. The molecule has 0 saturated heterocycles. The van der Waals surface area contributed by atoms with E-state index >= 15 is 0 Å². The van der Waals surface area contributed by atoms with Crippen LogP contribution in [0.15, 0.2) is 53.4 Å². The topological polar surface area (TPSA) is 88.2 Å². The molecule has 0 saturated carbocycles. The van der Waals surface area contributed by atoms with E-state index in [4.69, 9.17) is 0 Å². The third-order valence-corrected chi connectivity index (χ3v) is 6.18. The third kappa shape index (κ3) is 4.50. The first-order valence-corrected chi connectivity index (χ1v) is 10.2. The summed E-state index contributed by atoms with van der Waals surface area (Å²) in [6.07, 6.45) is 0. The van der Waals surface area contributed by atoms with Gasteiger partial charge in [-0.3, -0.25) is 9.52 Å². The van der Waals surface area contributed by atoms with E-state index in [0.717, 1.165) is 41.2 Å². The van der Waals surface area contributed by atoms with Crippen LogP contribution in [-0.2, 0) is 10.0 Å². The number of halogens is 1. The molecule has 0 spiro atoms. The van der Waals surface area contributed by atoms with Crippen LogP contribution in [0.25, 0.3) is 0 Å². The smallest absolute Gasteiger partial charge is 0.267 e. The van der Waals surface area contributed by atoms with Crippen LogP contribution in [0, 0.1) is 19.7 Å². The Labute approximate surface area is 160 Å². The normalized spacial score (nSPS) is 11.2. The second kappa shape index (κ2) is 7.45. The average Bonchev–Trinajstić information content (AvgIpc) is 2.95. The summed E-state index contributed by atoms with van der Waals surface area (Å²) in [6.45, 7) is 3.54. The number of aryl methyl sites for hydroxylation is 2. The lowest BCUT2D eigenvalue weighted by atomic mass is 10.2. The molecule has 0 aliphatic heterocycles. The quantitative estimate of drug-likeness (QED) is 0.673. The number of anilines is 2. The number of thiazole rings is 1. The molecule has 140 valence electrons. The number of carbonyl (C=O) groups is 1. The maximum atomic E-state index is 13.0. The predicted molar refractivity (Wildman–Crippen MR) is 103 cm³/mol. The molecule has 0 atom stereocenters. The van der Waals surface area contributed by atoms with Crippen molar-refractivity contribution in [3.8, 4) is 0 Å². The van der Waals surface area contributed by atoms with Crippen LogP contribution in [0.3, 0.4) is 0 Å². The number of nitrogens with one attached hydrogen (secondary N) is 2. The van der Waals surface area contributed by atoms with Gasteiger partial charge in [-0.2, -0.15) is 0 Å². The second-order valence-electron chi connectivity index (χ2n) is 5.82. The lowest BCUT2D eigenvalue weighted by molar-refractivity contribution is 0.103. The molecule has 1 amide bonds. The van der Waals surface area contributed by atoms with Crippen molar-refractivity contribution in [1.82, 2.24) is 4.98 Å². The molecular weight excluding hydrogens is 389 g/mol. The summed E-state index contributed by atoms with van der Waals surface area (Å²) in [5.41, 5.74) is 2.05. The van der Waals surface area contributed by atoms with Crippen molar-refractivity contribution in [2.75, 3.05) is 10.0 Å². The Kier molecular flexibility index (Phi) is 5.24. The summed E-state index contributed by atoms with van der Waals surface area (Å²) in [5, 5.41) is 2.83. The Bertz CT molecular complexity index is 1090. The summed E-state index contributed by atoms with van der Waals surface area (Å²) in [6, 6.07) is 11.8. The molecule has 3 aromatic rings. The van der Waals surface area contributed by atoms with E-state index in [1.54, 1.807) is 13.0 Å². The molecule has 0 bridgehead atoms. The molecule has 1 heterocycles. The number of hydrogen-bond donors (Lipinski definition) is 2. The number of rotatable bonds is 5. The van der Waals surface area contributed by atoms with Gasteiger partial charge in [0.15, 0.2) is 5.13 Å². The summed E-state index contributed by atoms with van der Waals surface area (Å²) in [7, 11) is -3.92. The number of amides is 1. The van der Waals surface area contributed by atoms with Gasteiger partial charge in [-0.25, -0.2) is 17.8 Å². The summed E-state index contributed by atoms with van der Waals surface area (Å²) < 4.78 is 40.0. The molecule has 6 nitrogen and oxygen atoms in total. The first-order chi connectivity index (χ1) is 12.7. The number of carbonyl (C=O) groups excluding carboxylic acids is 1. The molecule has 2 N–H and O–H groups in total. The van der Waals surface area contributed by atoms with Crippen molar-refractivity contribution >= 4 is 38.1 Å². The highest BCUT2D eigenvalue weighted by Gasteiger charge is 2.20. The first-order valence-electron chi connectivity index (χ1n) is 7.88. The van der Waals surface area contributed by atoms with Crippen LogP contribution in [0.2, 0.25) is 0 Å². The maximum Gasteiger partial charge on any atom is 0.267 e. The van der Waals surface area contributed by atoms with Gasteiger partial charge >= 0.3 is 0 Å². The van der Waals surface area contributed by atoms with E-state index in [1.165, 1.54) is 0 Å². The van der Waals surface area contributed by atoms with Crippen molar-refractivity contribution in [3.05, 3.63) is 70.5 Å². The van der Waals surface area contributed by atoms with Crippen LogP contribution in [0.4, 0.5) is 15.2 Å². The molecule has 9 heteroatoms. The molecule has 1 aromatic heterocycles. The van der Waals surface area contributed by atoms with Crippen molar-refractivity contribution in [3.63, 3.8) is 0 Å². The Morgan fingerprint density at radius 2 is 1.81 bits per heavy atom. The predicted octanol–water partition coefficient (Wildman–Crippen LogP) is 3.95. The molecule has 3 rings (SSSR count). The molecule has 0 fully saturated rings. The Morgan fingerprint density at radius 3 is 2.48 bits per heavy atom. The van der Waals surface area contributed by atoms with Gasteiger partial charge in [-0.1, -0.05) is 23.5 Å². The van der Waals surface area contributed by atoms with Crippen LogP contribution in [-0.4, -0.2) is 19.3 Å². The van der Waals surface area contributed by atoms with Crippen LogP contribution in [0.5, 0.6) is 0 Å². The molecule has 27 heavy (non-hydrogen) atoms. The van der Waals surface area contributed by atoms with E-state index in [0.29, 0.717) is 16.3 Å². The van der Waals surface area contributed by atoms with Gasteiger partial charge in [-0.15, -0.1) is 0 Å². The van der Waals surface area contributed by atoms with Gasteiger partial charge in [0.2, 0.25) is 0 Å². The Hall–Kier alpha value is -2.78. The molecule has 0 radical (unpaired) electrons. The summed E-state index contributed by atoms with van der Waals surface area (Å²) >= 11 is 0.928. The monoisotopic (exact) mass is 405 g/mol. The Morgan fingerprint density at radius 1 is 1.11 bits per heavy atom. The highest BCUT2D eigenvalue weighted by atomic mass is 32.2. The SMILES string of the molecule is Cc1cccc(NC(=O)c2sc(NS(=O)(=O)c3ccc(F)cc3)nc2C)c1. The minimum atomic E-state index is -3.92. The highest BCUT2D eigenvalue weighted by Crippen LogP contribution is 2.26. The highest BCUT2D eigenvalue weighted by molar-refractivity contribution is 7.93. The van der Waals surface area contributed by atoms with E-state index < -0.39 is 15.8 Å². The fourth-order valence-electron chi connectivity index (χ4n) is 2.35. The van der Waals surface area contributed by atoms with Gasteiger partial charge in [0.05, 0.1) is 10.6 Å². The van der Waals surface area contributed by atoms with Crippen LogP contribution >= 0.6 is 11.3 Å². The molecule has 0 aliphatic rings. The number of nitrogens with zero attached hydrogens (tertiary/aromatic N) is 1. The van der Waals surface area contributed by atoms with E-state index in [-0.39, 0.29) is 15.9 Å². The van der Waals surface area contributed by atoms with E-state index in [1.807, 2.05) is 25.1 Å². The zero-order valence-corrected chi connectivity index (χ0v) is 16.1. The van der Waals surface area contributed by atoms with Crippen molar-refractivity contribution in [2.24, 2.45) is 0 Å². The van der Waals surface area contributed by atoms with E-state index in [2.05, 4.69) is 15.0 Å². The molecule has 2 aromatic carbocycles. The van der Waals surface area contributed by atoms with Gasteiger partial charge in [-0.05, 0) is 55.8 Å². The number of aromatic nitrogens is 1. The van der Waals surface area contributed by atoms with Crippen molar-refractivity contribution in [1.29, 1.82) is 0 Å². The molecular formula is C18H16FN3O3S2. The van der Waals surface area contributed by atoms with Crippen molar-refractivity contribution in [2.45, 2.75) is 18.7 Å². The number of sulfonamides is 1. The molecule has 0 aliphatic carbocycles. The van der Waals surface area contributed by atoms with Gasteiger partial charge < -0.3 is 5.32 Å². The summed E-state index contributed by atoms with van der Waals surface area (Å²) in [5.74, 6) is -0.906. The molecule has 0 unspecified atom stereocenters. The largest absolute Gasteiger partial charge is 0.321 e. The summed E-state index contributed by atoms with van der Waals surface area (Å²) in [4.78, 5) is 16.8.